The molecule has 1 aromatic heterocycles. The molecule has 0 bridgehead atoms. The summed E-state index contributed by atoms with van der Waals surface area (Å²) < 4.78 is 1.08. The van der Waals surface area contributed by atoms with Gasteiger partial charge in [-0.05, 0) is 41.9 Å². The van der Waals surface area contributed by atoms with Gasteiger partial charge in [-0.25, -0.2) is 0 Å². The molecule has 6 heteroatoms. The van der Waals surface area contributed by atoms with Crippen LogP contribution in [0, 0.1) is 0 Å². The van der Waals surface area contributed by atoms with E-state index in [-0.39, 0.29) is 24.2 Å². The van der Waals surface area contributed by atoms with Gasteiger partial charge in [-0.1, -0.05) is 0 Å². The third-order valence-corrected chi connectivity index (χ3v) is 4.98. The number of rotatable bonds is 2. The third kappa shape index (κ3) is 3.47. The Labute approximate surface area is 126 Å². The number of nitrogens with zero attached hydrogens (tertiary/aromatic N) is 1. The van der Waals surface area contributed by atoms with Gasteiger partial charge in [0.2, 0.25) is 5.91 Å². The van der Waals surface area contributed by atoms with Crippen molar-refractivity contribution in [3.63, 3.8) is 0 Å². The molecule has 1 fully saturated rings. The van der Waals surface area contributed by atoms with Gasteiger partial charge in [0, 0.05) is 30.6 Å². The largest absolute Gasteiger partial charge is 0.337 e. The summed E-state index contributed by atoms with van der Waals surface area (Å²) in [6.45, 7) is 6.71. The molecule has 2 heterocycles. The second kappa shape index (κ2) is 6.89. The number of amides is 1. The molecule has 1 saturated heterocycles. The highest BCUT2D eigenvalue weighted by Crippen LogP contribution is 2.30. The monoisotopic (exact) mass is 352 g/mol. The summed E-state index contributed by atoms with van der Waals surface area (Å²) in [7, 11) is 0. The predicted octanol–water partition coefficient (Wildman–Crippen LogP) is 2.86. The lowest BCUT2D eigenvalue weighted by molar-refractivity contribution is -0.135. The van der Waals surface area contributed by atoms with Crippen LogP contribution in [0.4, 0.5) is 0 Å². The van der Waals surface area contributed by atoms with E-state index >= 15 is 0 Å². The van der Waals surface area contributed by atoms with Crippen molar-refractivity contribution in [2.45, 2.75) is 25.8 Å². The number of nitrogens with one attached hydrogen (secondary N) is 1. The van der Waals surface area contributed by atoms with Crippen molar-refractivity contribution < 1.29 is 4.79 Å². The molecule has 0 aliphatic carbocycles. The fraction of sp³-hybridized carbons (Fsp3) is 0.583. The molecule has 1 amide bonds. The van der Waals surface area contributed by atoms with Crippen molar-refractivity contribution in [2.75, 3.05) is 19.6 Å². The Bertz CT molecular complexity index is 413. The molecule has 1 aliphatic heterocycles. The molecule has 1 aromatic rings. The average Bonchev–Trinajstić information content (AvgIpc) is 2.75. The SMILES string of the molecule is CC(C(=O)N1CCNCC1C)c1ccc(Br)s1.Cl. The molecular formula is C12H18BrClN2OS. The first kappa shape index (κ1) is 16.0. The first-order valence-corrected chi connectivity index (χ1v) is 7.47. The second-order valence-electron chi connectivity index (χ2n) is 4.45. The number of carbonyl (C=O) groups excluding carboxylic acids is 1. The Morgan fingerprint density at radius 1 is 1.61 bits per heavy atom. The molecule has 2 atom stereocenters. The van der Waals surface area contributed by atoms with Crippen molar-refractivity contribution in [3.05, 3.63) is 20.8 Å². The van der Waals surface area contributed by atoms with Crippen LogP contribution in [0.1, 0.15) is 24.6 Å². The van der Waals surface area contributed by atoms with Crippen LogP contribution in [0.25, 0.3) is 0 Å². The molecule has 0 aromatic carbocycles. The summed E-state index contributed by atoms with van der Waals surface area (Å²) in [5, 5.41) is 3.30. The van der Waals surface area contributed by atoms with Crippen molar-refractivity contribution >= 4 is 45.6 Å². The highest BCUT2D eigenvalue weighted by Gasteiger charge is 2.28. The number of thiophene rings is 1. The molecule has 1 aliphatic rings. The van der Waals surface area contributed by atoms with Gasteiger partial charge in [0.05, 0.1) is 9.70 Å². The predicted molar refractivity (Wildman–Crippen MR) is 81.7 cm³/mol. The van der Waals surface area contributed by atoms with Gasteiger partial charge in [-0.15, -0.1) is 23.7 Å². The van der Waals surface area contributed by atoms with Gasteiger partial charge in [-0.3, -0.25) is 4.79 Å². The molecule has 0 spiro atoms. The quantitative estimate of drug-likeness (QED) is 0.886. The van der Waals surface area contributed by atoms with E-state index in [0.717, 1.165) is 28.3 Å². The molecule has 0 radical (unpaired) electrons. The summed E-state index contributed by atoms with van der Waals surface area (Å²) in [5.74, 6) is 0.209. The summed E-state index contributed by atoms with van der Waals surface area (Å²) in [6.07, 6.45) is 0. The molecule has 18 heavy (non-hydrogen) atoms. The zero-order valence-electron chi connectivity index (χ0n) is 10.5. The fourth-order valence-corrected chi connectivity index (χ4v) is 3.57. The van der Waals surface area contributed by atoms with E-state index in [4.69, 9.17) is 0 Å². The summed E-state index contributed by atoms with van der Waals surface area (Å²) in [6, 6.07) is 4.33. The average molecular weight is 354 g/mol. The van der Waals surface area contributed by atoms with Gasteiger partial charge in [0.1, 0.15) is 0 Å². The minimum absolute atomic E-state index is 0. The molecule has 1 N–H and O–H groups in total. The number of hydrogen-bond acceptors (Lipinski definition) is 3. The summed E-state index contributed by atoms with van der Waals surface area (Å²) in [4.78, 5) is 15.5. The van der Waals surface area contributed by atoms with E-state index in [1.807, 2.05) is 24.0 Å². The van der Waals surface area contributed by atoms with Crippen LogP contribution < -0.4 is 5.32 Å². The molecular weight excluding hydrogens is 336 g/mol. The van der Waals surface area contributed by atoms with E-state index in [1.54, 1.807) is 11.3 Å². The second-order valence-corrected chi connectivity index (χ2v) is 6.94. The van der Waals surface area contributed by atoms with Crippen molar-refractivity contribution in [1.29, 1.82) is 0 Å². The zero-order valence-corrected chi connectivity index (χ0v) is 13.7. The van der Waals surface area contributed by atoms with E-state index in [9.17, 15) is 4.79 Å². The van der Waals surface area contributed by atoms with Crippen LogP contribution in [0.5, 0.6) is 0 Å². The van der Waals surface area contributed by atoms with Gasteiger partial charge in [-0.2, -0.15) is 0 Å². The Morgan fingerprint density at radius 3 is 2.89 bits per heavy atom. The summed E-state index contributed by atoms with van der Waals surface area (Å²) >= 11 is 5.08. The van der Waals surface area contributed by atoms with Crippen molar-refractivity contribution in [2.24, 2.45) is 0 Å². The van der Waals surface area contributed by atoms with Crippen LogP contribution >= 0.6 is 39.7 Å². The maximum Gasteiger partial charge on any atom is 0.230 e. The molecule has 2 rings (SSSR count). The Morgan fingerprint density at radius 2 is 2.33 bits per heavy atom. The first-order chi connectivity index (χ1) is 8.09. The zero-order chi connectivity index (χ0) is 12.4. The van der Waals surface area contributed by atoms with Gasteiger partial charge >= 0.3 is 0 Å². The van der Waals surface area contributed by atoms with E-state index in [2.05, 4.69) is 28.2 Å². The minimum Gasteiger partial charge on any atom is -0.337 e. The third-order valence-electron chi connectivity index (χ3n) is 3.18. The number of halogens is 2. The first-order valence-electron chi connectivity index (χ1n) is 5.86. The maximum atomic E-state index is 12.4. The topological polar surface area (TPSA) is 32.3 Å². The molecule has 3 nitrogen and oxygen atoms in total. The van der Waals surface area contributed by atoms with E-state index in [0.29, 0.717) is 6.04 Å². The van der Waals surface area contributed by atoms with Gasteiger partial charge < -0.3 is 10.2 Å². The van der Waals surface area contributed by atoms with Crippen molar-refractivity contribution in [1.82, 2.24) is 10.2 Å². The van der Waals surface area contributed by atoms with E-state index < -0.39 is 0 Å². The Balaban J connectivity index is 0.00000162. The molecule has 2 unspecified atom stereocenters. The Kier molecular flexibility index (Phi) is 6.11. The number of piperazine rings is 1. The number of hydrogen-bond donors (Lipinski definition) is 1. The maximum absolute atomic E-state index is 12.4. The fourth-order valence-electron chi connectivity index (χ4n) is 2.10. The lowest BCUT2D eigenvalue weighted by Gasteiger charge is -2.35. The number of carbonyl (C=O) groups is 1. The highest BCUT2D eigenvalue weighted by atomic mass is 79.9. The Hall–Kier alpha value is -0.100. The lowest BCUT2D eigenvalue weighted by atomic mass is 10.1. The smallest absolute Gasteiger partial charge is 0.230 e. The normalized spacial score (nSPS) is 21.3. The van der Waals surface area contributed by atoms with Crippen LogP contribution in [0.15, 0.2) is 15.9 Å². The van der Waals surface area contributed by atoms with Crippen LogP contribution in [0.2, 0.25) is 0 Å². The van der Waals surface area contributed by atoms with Gasteiger partial charge in [0.15, 0.2) is 0 Å². The summed E-state index contributed by atoms with van der Waals surface area (Å²) in [5.41, 5.74) is 0. The van der Waals surface area contributed by atoms with Crippen molar-refractivity contribution in [3.8, 4) is 0 Å². The molecule has 0 saturated carbocycles. The van der Waals surface area contributed by atoms with Crippen LogP contribution in [-0.4, -0.2) is 36.5 Å². The van der Waals surface area contributed by atoms with E-state index in [1.165, 1.54) is 0 Å². The van der Waals surface area contributed by atoms with Crippen LogP contribution in [-0.2, 0) is 4.79 Å². The minimum atomic E-state index is -0.0353. The lowest BCUT2D eigenvalue weighted by Crippen LogP contribution is -2.53. The standard InChI is InChI=1S/C12H17BrN2OS.ClH/c1-8-7-14-5-6-15(8)12(16)9(2)10-3-4-11(13)17-10;/h3-4,8-9,14H,5-7H2,1-2H3;1H. The molecule has 102 valence electrons. The van der Waals surface area contributed by atoms with Crippen LogP contribution in [0.3, 0.4) is 0 Å². The van der Waals surface area contributed by atoms with Gasteiger partial charge in [0.25, 0.3) is 0 Å². The highest BCUT2D eigenvalue weighted by molar-refractivity contribution is 9.11.